The van der Waals surface area contributed by atoms with Crippen LogP contribution in [0.3, 0.4) is 0 Å². The highest BCUT2D eigenvalue weighted by Crippen LogP contribution is 2.42. The standard InChI is InChI=1S/C30H26BrN3O5/c31-20-11-13-24-25(17-20)39-26(33(24)16-15-27(35)36)14-12-22-28(19-7-3-1-4-8-19)23(18-32)30(38)34(29(22)37)21-9-5-2-6-10-21/h2,5-6,9-14,17,19H,1,3-4,7-8,15-16H2,(H,35,36)/b22-12-,26-14-. The zero-order valence-electron chi connectivity index (χ0n) is 21.1. The molecule has 2 aliphatic heterocycles. The molecule has 5 rings (SSSR count). The first kappa shape index (κ1) is 26.4. The molecule has 0 aromatic heterocycles. The highest BCUT2D eigenvalue weighted by atomic mass is 79.9. The number of nitriles is 1. The van der Waals surface area contributed by atoms with Gasteiger partial charge >= 0.3 is 5.97 Å². The second-order valence-electron chi connectivity index (χ2n) is 9.61. The number of fused-ring (bicyclic) bond motifs is 1. The van der Waals surface area contributed by atoms with Gasteiger partial charge in [-0.15, -0.1) is 0 Å². The predicted octanol–water partition coefficient (Wildman–Crippen LogP) is 5.86. The summed E-state index contributed by atoms with van der Waals surface area (Å²) in [5, 5.41) is 19.4. The highest BCUT2D eigenvalue weighted by molar-refractivity contribution is 9.10. The SMILES string of the molecule is N#CC1=C(C2CCCCC2)/C(=C/C=C2\Oc3cc(Br)ccc3N2CCC(=O)O)C(=O)N(c2ccccc2)C1=O. The van der Waals surface area contributed by atoms with Crippen molar-refractivity contribution in [1.82, 2.24) is 0 Å². The minimum atomic E-state index is -0.945. The number of rotatable bonds is 6. The number of carboxylic acids is 1. The van der Waals surface area contributed by atoms with E-state index >= 15 is 0 Å². The lowest BCUT2D eigenvalue weighted by atomic mass is 9.76. The van der Waals surface area contributed by atoms with Gasteiger partial charge in [-0.25, -0.2) is 4.90 Å². The fourth-order valence-electron chi connectivity index (χ4n) is 5.38. The summed E-state index contributed by atoms with van der Waals surface area (Å²) in [5.74, 6) is -1.23. The van der Waals surface area contributed by atoms with Gasteiger partial charge in [-0.05, 0) is 66.8 Å². The predicted molar refractivity (Wildman–Crippen MR) is 149 cm³/mol. The number of allylic oxidation sites excluding steroid dienone is 2. The molecule has 0 radical (unpaired) electrons. The molecule has 2 amide bonds. The van der Waals surface area contributed by atoms with Crippen LogP contribution in [0.25, 0.3) is 0 Å². The number of anilines is 2. The second-order valence-corrected chi connectivity index (χ2v) is 10.5. The van der Waals surface area contributed by atoms with Crippen LogP contribution in [0.5, 0.6) is 5.75 Å². The smallest absolute Gasteiger partial charge is 0.305 e. The molecule has 198 valence electrons. The summed E-state index contributed by atoms with van der Waals surface area (Å²) in [6.45, 7) is 0.163. The number of benzene rings is 2. The highest BCUT2D eigenvalue weighted by Gasteiger charge is 2.41. The van der Waals surface area contributed by atoms with Crippen molar-refractivity contribution < 1.29 is 24.2 Å². The molecular formula is C30H26BrN3O5. The number of hydrogen-bond acceptors (Lipinski definition) is 6. The normalized spacial score (nSPS) is 19.9. The molecule has 39 heavy (non-hydrogen) atoms. The average Bonchev–Trinajstić information content (AvgIpc) is 3.28. The monoisotopic (exact) mass is 587 g/mol. The van der Waals surface area contributed by atoms with Crippen molar-refractivity contribution >= 4 is 45.1 Å². The van der Waals surface area contributed by atoms with E-state index in [1.165, 1.54) is 0 Å². The van der Waals surface area contributed by atoms with E-state index in [1.807, 2.05) is 12.1 Å². The number of nitrogens with zero attached hydrogens (tertiary/aromatic N) is 3. The van der Waals surface area contributed by atoms with E-state index in [1.54, 1.807) is 53.5 Å². The molecule has 2 heterocycles. The summed E-state index contributed by atoms with van der Waals surface area (Å²) >= 11 is 3.43. The number of carboxylic acid groups (broad SMARTS) is 1. The molecule has 3 aliphatic rings. The van der Waals surface area contributed by atoms with Crippen molar-refractivity contribution in [2.24, 2.45) is 5.92 Å². The molecule has 0 bridgehead atoms. The molecule has 0 saturated heterocycles. The van der Waals surface area contributed by atoms with Crippen LogP contribution in [0.2, 0.25) is 0 Å². The van der Waals surface area contributed by atoms with E-state index in [-0.39, 0.29) is 30.0 Å². The van der Waals surface area contributed by atoms with E-state index in [0.717, 1.165) is 41.5 Å². The third-order valence-electron chi connectivity index (χ3n) is 7.18. The first-order valence-corrected chi connectivity index (χ1v) is 13.7. The maximum Gasteiger partial charge on any atom is 0.305 e. The Bertz CT molecular complexity index is 1470. The van der Waals surface area contributed by atoms with Crippen LogP contribution < -0.4 is 14.5 Å². The van der Waals surface area contributed by atoms with Gasteiger partial charge in [-0.2, -0.15) is 5.26 Å². The van der Waals surface area contributed by atoms with Crippen molar-refractivity contribution in [2.45, 2.75) is 38.5 Å². The number of carbonyl (C=O) groups is 3. The fraction of sp³-hybridized carbons (Fsp3) is 0.267. The lowest BCUT2D eigenvalue weighted by Crippen LogP contribution is -2.44. The summed E-state index contributed by atoms with van der Waals surface area (Å²) in [6, 6.07) is 16.1. The number of hydrogen-bond donors (Lipinski definition) is 1. The van der Waals surface area contributed by atoms with Crippen molar-refractivity contribution in [3.05, 3.63) is 87.8 Å². The first-order chi connectivity index (χ1) is 18.9. The van der Waals surface area contributed by atoms with Crippen LogP contribution >= 0.6 is 15.9 Å². The summed E-state index contributed by atoms with van der Waals surface area (Å²) < 4.78 is 6.88. The van der Waals surface area contributed by atoms with E-state index in [2.05, 4.69) is 22.0 Å². The van der Waals surface area contributed by atoms with E-state index < -0.39 is 17.8 Å². The second kappa shape index (κ2) is 11.3. The third-order valence-corrected chi connectivity index (χ3v) is 7.68. The maximum absolute atomic E-state index is 13.9. The van der Waals surface area contributed by atoms with Crippen LogP contribution in [0.1, 0.15) is 38.5 Å². The number of carbonyl (C=O) groups excluding carboxylic acids is 2. The van der Waals surface area contributed by atoms with E-state index in [4.69, 9.17) is 4.74 Å². The molecule has 2 aromatic carbocycles. The maximum atomic E-state index is 13.9. The quantitative estimate of drug-likeness (QED) is 0.332. The summed E-state index contributed by atoms with van der Waals surface area (Å²) in [4.78, 5) is 41.6. The van der Waals surface area contributed by atoms with Crippen LogP contribution in [-0.2, 0) is 14.4 Å². The summed E-state index contributed by atoms with van der Waals surface area (Å²) in [5.41, 5.74) is 1.84. The Kier molecular flexibility index (Phi) is 7.66. The molecule has 1 aliphatic carbocycles. The zero-order valence-corrected chi connectivity index (χ0v) is 22.7. The Balaban J connectivity index is 1.62. The Labute approximate surface area is 234 Å². The van der Waals surface area contributed by atoms with Gasteiger partial charge < -0.3 is 14.7 Å². The average molecular weight is 588 g/mol. The number of amides is 2. The number of halogens is 1. The zero-order chi connectivity index (χ0) is 27.5. The van der Waals surface area contributed by atoms with Gasteiger partial charge in [-0.3, -0.25) is 14.4 Å². The van der Waals surface area contributed by atoms with Crippen LogP contribution in [0.4, 0.5) is 11.4 Å². The van der Waals surface area contributed by atoms with E-state index in [0.29, 0.717) is 28.6 Å². The van der Waals surface area contributed by atoms with Gasteiger partial charge in [-0.1, -0.05) is 53.4 Å². The number of imide groups is 1. The van der Waals surface area contributed by atoms with Crippen molar-refractivity contribution in [2.75, 3.05) is 16.3 Å². The van der Waals surface area contributed by atoms with Gasteiger partial charge in [0.2, 0.25) is 5.88 Å². The Morgan fingerprint density at radius 3 is 2.51 bits per heavy atom. The molecule has 0 spiro atoms. The topological polar surface area (TPSA) is 111 Å². The van der Waals surface area contributed by atoms with Gasteiger partial charge in [0.1, 0.15) is 11.6 Å². The molecule has 0 unspecified atom stereocenters. The molecule has 1 fully saturated rings. The minimum absolute atomic E-state index is 0.0164. The van der Waals surface area contributed by atoms with Gasteiger partial charge in [0.25, 0.3) is 11.8 Å². The Hall–Kier alpha value is -4.16. The Morgan fingerprint density at radius 1 is 1.08 bits per heavy atom. The fourth-order valence-corrected chi connectivity index (χ4v) is 5.72. The Morgan fingerprint density at radius 2 is 1.82 bits per heavy atom. The van der Waals surface area contributed by atoms with Crippen LogP contribution in [-0.4, -0.2) is 29.4 Å². The summed E-state index contributed by atoms with van der Waals surface area (Å²) in [6.07, 6.45) is 7.70. The van der Waals surface area contributed by atoms with E-state index in [9.17, 15) is 24.8 Å². The lowest BCUT2D eigenvalue weighted by molar-refractivity contribution is -0.136. The summed E-state index contributed by atoms with van der Waals surface area (Å²) in [7, 11) is 0. The third kappa shape index (κ3) is 5.25. The van der Waals surface area contributed by atoms with Crippen molar-refractivity contribution in [3.63, 3.8) is 0 Å². The van der Waals surface area contributed by atoms with Gasteiger partial charge in [0, 0.05) is 16.6 Å². The molecular weight excluding hydrogens is 562 g/mol. The molecule has 1 saturated carbocycles. The van der Waals surface area contributed by atoms with Crippen molar-refractivity contribution in [1.29, 1.82) is 5.26 Å². The largest absolute Gasteiger partial charge is 0.481 e. The molecule has 8 nitrogen and oxygen atoms in total. The number of para-hydroxylation sites is 1. The number of ether oxygens (including phenoxy) is 1. The van der Waals surface area contributed by atoms with Crippen molar-refractivity contribution in [3.8, 4) is 11.8 Å². The van der Waals surface area contributed by atoms with Crippen LogP contribution in [0, 0.1) is 17.2 Å². The molecule has 0 atom stereocenters. The lowest BCUT2D eigenvalue weighted by Gasteiger charge is -2.33. The number of aliphatic carboxylic acids is 1. The van der Waals surface area contributed by atoms with Crippen LogP contribution in [0.15, 0.2) is 87.8 Å². The molecule has 9 heteroatoms. The van der Waals surface area contributed by atoms with Gasteiger partial charge in [0.05, 0.1) is 17.8 Å². The molecule has 2 aromatic rings. The minimum Gasteiger partial charge on any atom is -0.481 e. The first-order valence-electron chi connectivity index (χ1n) is 12.9. The molecule has 1 N–H and O–H groups in total. The van der Waals surface area contributed by atoms with Gasteiger partial charge in [0.15, 0.2) is 5.75 Å².